The van der Waals surface area contributed by atoms with Crippen LogP contribution in [0, 0.1) is 0 Å². The molecular formula is C8H15NO2. The maximum Gasteiger partial charge on any atom is 0.407 e. The van der Waals surface area contributed by atoms with Crippen LogP contribution in [-0.2, 0) is 4.74 Å². The molecule has 1 amide bonds. The second-order valence-corrected chi connectivity index (χ2v) is 2.85. The minimum absolute atomic E-state index is 0.201. The molecular weight excluding hydrogens is 142 g/mol. The number of hydrogen-bond donors (Lipinski definition) is 1. The molecule has 64 valence electrons. The molecule has 0 saturated carbocycles. The van der Waals surface area contributed by atoms with E-state index in [-0.39, 0.29) is 12.1 Å². The van der Waals surface area contributed by atoms with Crippen molar-refractivity contribution in [2.24, 2.45) is 0 Å². The number of hydrogen-bond acceptors (Lipinski definition) is 2. The number of ether oxygens (including phenoxy) is 1. The smallest absolute Gasteiger partial charge is 0.407 e. The van der Waals surface area contributed by atoms with Crippen molar-refractivity contribution in [3.63, 3.8) is 0 Å². The molecule has 0 aromatic carbocycles. The lowest BCUT2D eigenvalue weighted by atomic mass is 10.4. The maximum atomic E-state index is 10.1. The minimum Gasteiger partial charge on any atom is -0.447 e. The zero-order valence-corrected chi connectivity index (χ0v) is 7.31. The predicted octanol–water partition coefficient (Wildman–Crippen LogP) is 1.70. The summed E-state index contributed by atoms with van der Waals surface area (Å²) in [7, 11) is 0. The molecule has 1 unspecified atom stereocenters. The molecule has 1 heterocycles. The van der Waals surface area contributed by atoms with Gasteiger partial charge in [0.2, 0.25) is 0 Å². The Hall–Kier alpha value is -0.990. The first-order chi connectivity index (χ1) is 5.02. The fourth-order valence-electron chi connectivity index (χ4n) is 0.485. The van der Waals surface area contributed by atoms with Crippen LogP contribution in [0.4, 0.5) is 4.79 Å². The molecule has 1 saturated heterocycles. The standard InChI is InChI=1S/C4H7NO2.C4H8/c1-3-2-7-4(6)5-3;1-4(2)3/h3H,2H2,1H3,(H,5,6);1H2,2-3H3. The van der Waals surface area contributed by atoms with Crippen LogP contribution in [0.25, 0.3) is 0 Å². The van der Waals surface area contributed by atoms with Gasteiger partial charge in [-0.1, -0.05) is 5.57 Å². The number of rotatable bonds is 0. The average Bonchev–Trinajstić information content (AvgIpc) is 2.13. The number of cyclic esters (lactones) is 1. The Bertz CT molecular complexity index is 150. The van der Waals surface area contributed by atoms with Crippen LogP contribution in [0.3, 0.4) is 0 Å². The first kappa shape index (κ1) is 10.0. The fraction of sp³-hybridized carbons (Fsp3) is 0.625. The van der Waals surface area contributed by atoms with Crippen molar-refractivity contribution in [2.75, 3.05) is 6.61 Å². The molecule has 0 bridgehead atoms. The van der Waals surface area contributed by atoms with Gasteiger partial charge < -0.3 is 10.1 Å². The highest BCUT2D eigenvalue weighted by atomic mass is 16.6. The van der Waals surface area contributed by atoms with Crippen molar-refractivity contribution in [3.05, 3.63) is 12.2 Å². The topological polar surface area (TPSA) is 38.3 Å². The molecule has 11 heavy (non-hydrogen) atoms. The number of carbonyl (C=O) groups excluding carboxylic acids is 1. The van der Waals surface area contributed by atoms with Crippen LogP contribution in [0.1, 0.15) is 20.8 Å². The van der Waals surface area contributed by atoms with Crippen LogP contribution < -0.4 is 5.32 Å². The predicted molar refractivity (Wildman–Crippen MR) is 44.4 cm³/mol. The number of amides is 1. The summed E-state index contributed by atoms with van der Waals surface area (Å²) in [5.74, 6) is 0. The van der Waals surface area contributed by atoms with Gasteiger partial charge in [-0.15, -0.1) is 6.58 Å². The molecule has 0 spiro atoms. The van der Waals surface area contributed by atoms with Gasteiger partial charge in [-0.2, -0.15) is 0 Å². The van der Waals surface area contributed by atoms with Crippen molar-refractivity contribution in [1.82, 2.24) is 5.32 Å². The minimum atomic E-state index is -0.299. The van der Waals surface area contributed by atoms with Gasteiger partial charge in [0.15, 0.2) is 0 Å². The lowest BCUT2D eigenvalue weighted by Crippen LogP contribution is -2.21. The third kappa shape index (κ3) is 6.90. The highest BCUT2D eigenvalue weighted by Gasteiger charge is 2.15. The summed E-state index contributed by atoms with van der Waals surface area (Å²) in [6.45, 7) is 9.91. The van der Waals surface area contributed by atoms with Gasteiger partial charge in [-0.05, 0) is 20.8 Å². The summed E-state index contributed by atoms with van der Waals surface area (Å²) >= 11 is 0. The van der Waals surface area contributed by atoms with Gasteiger partial charge in [-0.25, -0.2) is 4.79 Å². The van der Waals surface area contributed by atoms with Gasteiger partial charge in [0.25, 0.3) is 0 Å². The average molecular weight is 157 g/mol. The Kier molecular flexibility index (Phi) is 4.34. The van der Waals surface area contributed by atoms with E-state index >= 15 is 0 Å². The largest absolute Gasteiger partial charge is 0.447 e. The Labute approximate surface area is 67.4 Å². The number of allylic oxidation sites excluding steroid dienone is 1. The molecule has 1 N–H and O–H groups in total. The molecule has 0 aromatic rings. The van der Waals surface area contributed by atoms with E-state index in [0.717, 1.165) is 0 Å². The van der Waals surface area contributed by atoms with Crippen LogP contribution in [0.5, 0.6) is 0 Å². The van der Waals surface area contributed by atoms with E-state index in [1.165, 1.54) is 5.57 Å². The molecule has 3 nitrogen and oxygen atoms in total. The SMILES string of the molecule is C=C(C)C.CC1COC(=O)N1. The molecule has 3 heteroatoms. The monoisotopic (exact) mass is 157 g/mol. The third-order valence-corrected chi connectivity index (χ3v) is 0.829. The Morgan fingerprint density at radius 1 is 1.73 bits per heavy atom. The van der Waals surface area contributed by atoms with Crippen molar-refractivity contribution in [2.45, 2.75) is 26.8 Å². The maximum absolute atomic E-state index is 10.1. The first-order valence-electron chi connectivity index (χ1n) is 3.57. The van der Waals surface area contributed by atoms with Gasteiger partial charge in [0.05, 0.1) is 6.04 Å². The molecule has 1 atom stereocenters. The Morgan fingerprint density at radius 2 is 2.18 bits per heavy atom. The second-order valence-electron chi connectivity index (χ2n) is 2.85. The van der Waals surface area contributed by atoms with E-state index in [9.17, 15) is 4.79 Å². The van der Waals surface area contributed by atoms with Gasteiger partial charge >= 0.3 is 6.09 Å². The molecule has 1 aliphatic rings. The third-order valence-electron chi connectivity index (χ3n) is 0.829. The van der Waals surface area contributed by atoms with E-state index in [2.05, 4.69) is 16.6 Å². The molecule has 1 fully saturated rings. The van der Waals surface area contributed by atoms with Crippen molar-refractivity contribution in [1.29, 1.82) is 0 Å². The summed E-state index contributed by atoms with van der Waals surface area (Å²) < 4.78 is 4.52. The number of alkyl carbamates (subject to hydrolysis) is 1. The van der Waals surface area contributed by atoms with E-state index in [4.69, 9.17) is 0 Å². The van der Waals surface area contributed by atoms with E-state index in [0.29, 0.717) is 6.61 Å². The first-order valence-corrected chi connectivity index (χ1v) is 3.57. The van der Waals surface area contributed by atoms with Crippen molar-refractivity contribution < 1.29 is 9.53 Å². The zero-order valence-electron chi connectivity index (χ0n) is 7.31. The summed E-state index contributed by atoms with van der Waals surface area (Å²) in [4.78, 5) is 10.1. The van der Waals surface area contributed by atoms with Crippen LogP contribution >= 0.6 is 0 Å². The van der Waals surface area contributed by atoms with Crippen LogP contribution in [0.15, 0.2) is 12.2 Å². The highest BCUT2D eigenvalue weighted by molar-refractivity contribution is 5.69. The van der Waals surface area contributed by atoms with Gasteiger partial charge in [0.1, 0.15) is 6.61 Å². The van der Waals surface area contributed by atoms with Gasteiger partial charge in [-0.3, -0.25) is 0 Å². The van der Waals surface area contributed by atoms with Gasteiger partial charge in [0, 0.05) is 0 Å². The number of carbonyl (C=O) groups is 1. The zero-order chi connectivity index (χ0) is 8.85. The lowest BCUT2D eigenvalue weighted by molar-refractivity contribution is 0.177. The summed E-state index contributed by atoms with van der Waals surface area (Å²) in [6, 6.07) is 0.201. The normalized spacial score (nSPS) is 21.0. The van der Waals surface area contributed by atoms with Crippen LogP contribution in [-0.4, -0.2) is 18.7 Å². The Morgan fingerprint density at radius 3 is 2.27 bits per heavy atom. The van der Waals surface area contributed by atoms with E-state index in [1.807, 2.05) is 20.8 Å². The quantitative estimate of drug-likeness (QED) is 0.543. The summed E-state index contributed by atoms with van der Waals surface area (Å²) in [6.07, 6.45) is -0.299. The fourth-order valence-corrected chi connectivity index (χ4v) is 0.485. The molecule has 0 radical (unpaired) electrons. The van der Waals surface area contributed by atoms with E-state index in [1.54, 1.807) is 0 Å². The molecule has 0 aromatic heterocycles. The summed E-state index contributed by atoms with van der Waals surface area (Å²) in [5.41, 5.74) is 1.17. The van der Waals surface area contributed by atoms with Crippen molar-refractivity contribution >= 4 is 6.09 Å². The highest BCUT2D eigenvalue weighted by Crippen LogP contribution is 1.93. The Balaban J connectivity index is 0.000000218. The summed E-state index contributed by atoms with van der Waals surface area (Å²) in [5, 5.41) is 2.56. The van der Waals surface area contributed by atoms with Crippen LogP contribution in [0.2, 0.25) is 0 Å². The molecule has 0 aliphatic carbocycles. The van der Waals surface area contributed by atoms with E-state index < -0.39 is 0 Å². The second kappa shape index (κ2) is 4.77. The molecule has 1 rings (SSSR count). The lowest BCUT2D eigenvalue weighted by Gasteiger charge is -1.90. The molecule has 1 aliphatic heterocycles. The van der Waals surface area contributed by atoms with Crippen molar-refractivity contribution in [3.8, 4) is 0 Å². The number of nitrogens with one attached hydrogen (secondary N) is 1.